The number of amides is 1. The highest BCUT2D eigenvalue weighted by Gasteiger charge is 2.31. The number of benzene rings is 1. The van der Waals surface area contributed by atoms with E-state index >= 15 is 0 Å². The summed E-state index contributed by atoms with van der Waals surface area (Å²) in [6.45, 7) is 0.693. The zero-order valence-electron chi connectivity index (χ0n) is 12.0. The summed E-state index contributed by atoms with van der Waals surface area (Å²) in [6.07, 6.45) is 7.99. The third-order valence-electron chi connectivity index (χ3n) is 4.17. The van der Waals surface area contributed by atoms with Crippen LogP contribution in [-0.4, -0.2) is 24.6 Å². The van der Waals surface area contributed by atoms with E-state index in [1.165, 1.54) is 19.3 Å². The number of hydrogen-bond acceptors (Lipinski definition) is 2. The van der Waals surface area contributed by atoms with Gasteiger partial charge in [-0.1, -0.05) is 31.4 Å². The van der Waals surface area contributed by atoms with Gasteiger partial charge >= 0.3 is 0 Å². The molecular formula is C16H22ClNOS. The molecule has 1 saturated carbocycles. The van der Waals surface area contributed by atoms with Crippen molar-refractivity contribution in [2.75, 3.05) is 18.7 Å². The minimum Gasteiger partial charge on any atom is -0.351 e. The smallest absolute Gasteiger partial charge is 0.252 e. The van der Waals surface area contributed by atoms with Crippen LogP contribution in [0, 0.1) is 5.41 Å². The lowest BCUT2D eigenvalue weighted by Crippen LogP contribution is -2.40. The van der Waals surface area contributed by atoms with E-state index in [-0.39, 0.29) is 11.3 Å². The van der Waals surface area contributed by atoms with Crippen LogP contribution in [0.25, 0.3) is 0 Å². The first kappa shape index (κ1) is 15.7. The van der Waals surface area contributed by atoms with Gasteiger partial charge in [0.2, 0.25) is 0 Å². The molecule has 2 rings (SSSR count). The molecule has 0 saturated heterocycles. The molecule has 1 fully saturated rings. The number of carbonyl (C=O) groups excluding carboxylic acids is 1. The van der Waals surface area contributed by atoms with Crippen LogP contribution in [0.2, 0.25) is 0 Å². The van der Waals surface area contributed by atoms with Crippen LogP contribution in [0.4, 0.5) is 0 Å². The Balaban J connectivity index is 2.00. The van der Waals surface area contributed by atoms with Crippen LogP contribution in [0.1, 0.15) is 42.5 Å². The monoisotopic (exact) mass is 311 g/mol. The van der Waals surface area contributed by atoms with E-state index in [4.69, 9.17) is 11.6 Å². The molecule has 0 unspecified atom stereocenters. The summed E-state index contributed by atoms with van der Waals surface area (Å²) < 4.78 is 0. The standard InChI is InChI=1S/C16H22ClNOS/c1-20-14-8-4-3-7-13(14)15(19)18-12-16(11-17)9-5-2-6-10-16/h3-4,7-8H,2,5-6,9-12H2,1H3,(H,18,19). The summed E-state index contributed by atoms with van der Waals surface area (Å²) in [5.74, 6) is 0.655. The largest absolute Gasteiger partial charge is 0.351 e. The van der Waals surface area contributed by atoms with E-state index in [1.807, 2.05) is 30.5 Å². The van der Waals surface area contributed by atoms with Crippen molar-refractivity contribution in [1.29, 1.82) is 0 Å². The summed E-state index contributed by atoms with van der Waals surface area (Å²) in [4.78, 5) is 13.4. The lowest BCUT2D eigenvalue weighted by Gasteiger charge is -2.35. The summed E-state index contributed by atoms with van der Waals surface area (Å²) in [6, 6.07) is 7.74. The molecular weight excluding hydrogens is 290 g/mol. The molecule has 0 bridgehead atoms. The highest BCUT2D eigenvalue weighted by atomic mass is 35.5. The molecule has 4 heteroatoms. The van der Waals surface area contributed by atoms with Gasteiger partial charge in [0.05, 0.1) is 5.56 Å². The summed E-state index contributed by atoms with van der Waals surface area (Å²) >= 11 is 7.77. The second-order valence-corrected chi connectivity index (χ2v) is 6.69. The molecule has 1 aliphatic rings. The van der Waals surface area contributed by atoms with E-state index in [0.29, 0.717) is 12.4 Å². The van der Waals surface area contributed by atoms with Crippen LogP contribution in [-0.2, 0) is 0 Å². The molecule has 1 aliphatic carbocycles. The average molecular weight is 312 g/mol. The van der Waals surface area contributed by atoms with Gasteiger partial charge < -0.3 is 5.32 Å². The number of halogens is 1. The van der Waals surface area contributed by atoms with Gasteiger partial charge in [-0.2, -0.15) is 0 Å². The second-order valence-electron chi connectivity index (χ2n) is 5.58. The SMILES string of the molecule is CSc1ccccc1C(=O)NCC1(CCl)CCCCC1. The maximum atomic E-state index is 12.4. The average Bonchev–Trinajstić information content (AvgIpc) is 2.53. The number of hydrogen-bond donors (Lipinski definition) is 1. The lowest BCUT2D eigenvalue weighted by molar-refractivity contribution is 0.0918. The van der Waals surface area contributed by atoms with Crippen molar-refractivity contribution in [3.05, 3.63) is 29.8 Å². The molecule has 0 radical (unpaired) electrons. The number of nitrogens with one attached hydrogen (secondary N) is 1. The van der Waals surface area contributed by atoms with Gasteiger partial charge in [0, 0.05) is 22.7 Å². The van der Waals surface area contributed by atoms with Gasteiger partial charge in [-0.3, -0.25) is 4.79 Å². The normalized spacial score (nSPS) is 17.7. The van der Waals surface area contributed by atoms with Gasteiger partial charge in [0.1, 0.15) is 0 Å². The fourth-order valence-electron chi connectivity index (χ4n) is 2.85. The van der Waals surface area contributed by atoms with Crippen molar-refractivity contribution in [2.24, 2.45) is 5.41 Å². The fourth-order valence-corrected chi connectivity index (χ4v) is 3.81. The maximum absolute atomic E-state index is 12.4. The Morgan fingerprint density at radius 1 is 1.30 bits per heavy atom. The molecule has 110 valence electrons. The summed E-state index contributed by atoms with van der Waals surface area (Å²) in [5, 5.41) is 3.10. The van der Waals surface area contributed by atoms with E-state index < -0.39 is 0 Å². The number of alkyl halides is 1. The Hall–Kier alpha value is -0.670. The number of rotatable bonds is 5. The first-order chi connectivity index (χ1) is 9.71. The predicted octanol–water partition coefficient (Wildman–Crippen LogP) is 4.33. The van der Waals surface area contributed by atoms with E-state index in [9.17, 15) is 4.79 Å². The predicted molar refractivity (Wildman–Crippen MR) is 86.8 cm³/mol. The van der Waals surface area contributed by atoms with Crippen molar-refractivity contribution in [3.63, 3.8) is 0 Å². The quantitative estimate of drug-likeness (QED) is 0.648. The highest BCUT2D eigenvalue weighted by Crippen LogP contribution is 2.36. The molecule has 1 aromatic rings. The Kier molecular flexibility index (Phi) is 5.79. The van der Waals surface area contributed by atoms with Crippen molar-refractivity contribution < 1.29 is 4.79 Å². The van der Waals surface area contributed by atoms with Crippen molar-refractivity contribution >= 4 is 29.3 Å². The van der Waals surface area contributed by atoms with E-state index in [0.717, 1.165) is 23.3 Å². The molecule has 2 nitrogen and oxygen atoms in total. The topological polar surface area (TPSA) is 29.1 Å². The van der Waals surface area contributed by atoms with Crippen molar-refractivity contribution in [3.8, 4) is 0 Å². The van der Waals surface area contributed by atoms with Crippen LogP contribution < -0.4 is 5.32 Å². The zero-order valence-corrected chi connectivity index (χ0v) is 13.5. The Labute approximate surface area is 130 Å². The molecule has 0 aromatic heterocycles. The molecule has 1 N–H and O–H groups in total. The fraction of sp³-hybridized carbons (Fsp3) is 0.562. The minimum absolute atomic E-state index is 0.0185. The zero-order chi connectivity index (χ0) is 14.4. The Bertz CT molecular complexity index is 458. The molecule has 1 amide bonds. The molecule has 0 heterocycles. The van der Waals surface area contributed by atoms with Crippen molar-refractivity contribution in [1.82, 2.24) is 5.32 Å². The Morgan fingerprint density at radius 3 is 2.65 bits per heavy atom. The van der Waals surface area contributed by atoms with E-state index in [1.54, 1.807) is 11.8 Å². The number of thioether (sulfide) groups is 1. The molecule has 0 aliphatic heterocycles. The highest BCUT2D eigenvalue weighted by molar-refractivity contribution is 7.98. The van der Waals surface area contributed by atoms with E-state index in [2.05, 4.69) is 5.32 Å². The van der Waals surface area contributed by atoms with Gasteiger partial charge in [-0.05, 0) is 31.2 Å². The van der Waals surface area contributed by atoms with Crippen LogP contribution >= 0.6 is 23.4 Å². The number of carbonyl (C=O) groups is 1. The Morgan fingerprint density at radius 2 is 2.00 bits per heavy atom. The first-order valence-corrected chi connectivity index (χ1v) is 8.94. The van der Waals surface area contributed by atoms with Crippen LogP contribution in [0.3, 0.4) is 0 Å². The van der Waals surface area contributed by atoms with Gasteiger partial charge in [-0.25, -0.2) is 0 Å². The third kappa shape index (κ3) is 3.70. The summed E-state index contributed by atoms with van der Waals surface area (Å²) in [5.41, 5.74) is 0.865. The van der Waals surface area contributed by atoms with Crippen LogP contribution in [0.15, 0.2) is 29.2 Å². The third-order valence-corrected chi connectivity index (χ3v) is 5.54. The lowest BCUT2D eigenvalue weighted by atomic mass is 9.75. The molecule has 0 spiro atoms. The second kappa shape index (κ2) is 7.37. The minimum atomic E-state index is 0.0185. The molecule has 1 aromatic carbocycles. The van der Waals surface area contributed by atoms with Gasteiger partial charge in [0.15, 0.2) is 0 Å². The summed E-state index contributed by atoms with van der Waals surface area (Å²) in [7, 11) is 0. The van der Waals surface area contributed by atoms with Crippen LogP contribution in [0.5, 0.6) is 0 Å². The maximum Gasteiger partial charge on any atom is 0.252 e. The molecule has 0 atom stereocenters. The van der Waals surface area contributed by atoms with Gasteiger partial charge in [0.25, 0.3) is 5.91 Å². The van der Waals surface area contributed by atoms with Crippen molar-refractivity contribution in [2.45, 2.75) is 37.0 Å². The van der Waals surface area contributed by atoms with Gasteiger partial charge in [-0.15, -0.1) is 23.4 Å². The molecule has 20 heavy (non-hydrogen) atoms. The first-order valence-electron chi connectivity index (χ1n) is 7.18.